The molecule has 0 heterocycles. The van der Waals surface area contributed by atoms with Crippen LogP contribution in [0.5, 0.6) is 11.5 Å². The van der Waals surface area contributed by atoms with Crippen molar-refractivity contribution in [2.75, 3.05) is 20.8 Å². The second-order valence-electron chi connectivity index (χ2n) is 5.06. The molecule has 0 atom stereocenters. The fraction of sp³-hybridized carbons (Fsp3) is 0.533. The molecule has 0 saturated carbocycles. The van der Waals surface area contributed by atoms with Gasteiger partial charge in [0.15, 0.2) is 0 Å². The predicted octanol–water partition coefficient (Wildman–Crippen LogP) is 2.39. The van der Waals surface area contributed by atoms with Gasteiger partial charge in [0.1, 0.15) is 17.0 Å². The smallest absolute Gasteiger partial charge is 0.323 e. The first-order valence-electron chi connectivity index (χ1n) is 6.56. The third-order valence-electron chi connectivity index (χ3n) is 3.55. The molecule has 1 aromatic carbocycles. The average molecular weight is 281 g/mol. The van der Waals surface area contributed by atoms with E-state index in [9.17, 15) is 9.90 Å². The van der Waals surface area contributed by atoms with Crippen LogP contribution in [0, 0.1) is 0 Å². The number of rotatable bonds is 7. The quantitative estimate of drug-likeness (QED) is 0.831. The number of hydrogen-bond donors (Lipinski definition) is 1. The molecule has 20 heavy (non-hydrogen) atoms. The third kappa shape index (κ3) is 3.42. The summed E-state index contributed by atoms with van der Waals surface area (Å²) in [5, 5.41) is 9.34. The lowest BCUT2D eigenvalue weighted by atomic mass is 10.0. The summed E-state index contributed by atoms with van der Waals surface area (Å²) in [4.78, 5) is 13.3. The lowest BCUT2D eigenvalue weighted by Gasteiger charge is -2.34. The molecule has 5 heteroatoms. The predicted molar refractivity (Wildman–Crippen MR) is 77.3 cm³/mol. The topological polar surface area (TPSA) is 59.0 Å². The monoisotopic (exact) mass is 281 g/mol. The molecule has 112 valence electrons. The van der Waals surface area contributed by atoms with Gasteiger partial charge in [-0.2, -0.15) is 0 Å². The highest BCUT2D eigenvalue weighted by atomic mass is 16.5. The summed E-state index contributed by atoms with van der Waals surface area (Å²) in [5.74, 6) is 0.571. The minimum atomic E-state index is -0.931. The fourth-order valence-corrected chi connectivity index (χ4v) is 2.03. The Balaban J connectivity index is 3.04. The van der Waals surface area contributed by atoms with Gasteiger partial charge in [-0.15, -0.1) is 0 Å². The summed E-state index contributed by atoms with van der Waals surface area (Å²) in [5.41, 5.74) is 0.00384. The van der Waals surface area contributed by atoms with Crippen LogP contribution >= 0.6 is 0 Å². The van der Waals surface area contributed by atoms with Crippen molar-refractivity contribution in [3.63, 3.8) is 0 Å². The van der Waals surface area contributed by atoms with Crippen molar-refractivity contribution in [2.24, 2.45) is 0 Å². The Kier molecular flexibility index (Phi) is 5.39. The molecule has 0 saturated heterocycles. The second-order valence-corrected chi connectivity index (χ2v) is 5.06. The van der Waals surface area contributed by atoms with Gasteiger partial charge in [-0.1, -0.05) is 13.0 Å². The van der Waals surface area contributed by atoms with E-state index in [4.69, 9.17) is 9.47 Å². The van der Waals surface area contributed by atoms with Gasteiger partial charge < -0.3 is 14.6 Å². The molecule has 0 bridgehead atoms. The Hall–Kier alpha value is -1.75. The molecule has 1 aromatic rings. The molecule has 5 nitrogen and oxygen atoms in total. The number of carbonyl (C=O) groups is 1. The maximum atomic E-state index is 11.4. The standard InChI is InChI=1S/C15H23NO4/c1-6-16(15(2,3)14(17)18)10-11-7-8-12(19-4)9-13(11)20-5/h7-9H,6,10H2,1-5H3,(H,17,18). The molecular formula is C15H23NO4. The van der Waals surface area contributed by atoms with E-state index in [1.807, 2.05) is 24.0 Å². The maximum absolute atomic E-state index is 11.4. The van der Waals surface area contributed by atoms with Gasteiger partial charge in [-0.25, -0.2) is 0 Å². The highest BCUT2D eigenvalue weighted by molar-refractivity contribution is 5.77. The SMILES string of the molecule is CCN(Cc1ccc(OC)cc1OC)C(C)(C)C(=O)O. The van der Waals surface area contributed by atoms with Crippen molar-refractivity contribution in [3.8, 4) is 11.5 Å². The van der Waals surface area contributed by atoms with E-state index in [0.29, 0.717) is 24.6 Å². The van der Waals surface area contributed by atoms with Crippen LogP contribution in [0.4, 0.5) is 0 Å². The highest BCUT2D eigenvalue weighted by Crippen LogP contribution is 2.28. The van der Waals surface area contributed by atoms with E-state index in [0.717, 1.165) is 5.56 Å². The molecule has 0 spiro atoms. The number of hydrogen-bond acceptors (Lipinski definition) is 4. The zero-order valence-electron chi connectivity index (χ0n) is 12.8. The number of benzene rings is 1. The van der Waals surface area contributed by atoms with Gasteiger partial charge in [-0.05, 0) is 26.5 Å². The number of ether oxygens (including phenoxy) is 2. The first-order valence-corrected chi connectivity index (χ1v) is 6.56. The molecule has 0 aromatic heterocycles. The molecule has 0 aliphatic rings. The first-order chi connectivity index (χ1) is 9.36. The van der Waals surface area contributed by atoms with Gasteiger partial charge in [0.05, 0.1) is 14.2 Å². The lowest BCUT2D eigenvalue weighted by molar-refractivity contribution is -0.149. The Morgan fingerprint density at radius 2 is 1.95 bits per heavy atom. The van der Waals surface area contributed by atoms with E-state index in [1.54, 1.807) is 34.1 Å². The van der Waals surface area contributed by atoms with Crippen molar-refractivity contribution in [2.45, 2.75) is 32.9 Å². The van der Waals surface area contributed by atoms with E-state index in [-0.39, 0.29) is 0 Å². The number of likely N-dealkylation sites (N-methyl/N-ethyl adjacent to an activating group) is 1. The molecule has 0 unspecified atom stereocenters. The summed E-state index contributed by atoms with van der Waals surface area (Å²) >= 11 is 0. The summed E-state index contributed by atoms with van der Waals surface area (Å²) < 4.78 is 10.5. The van der Waals surface area contributed by atoms with Crippen molar-refractivity contribution in [1.82, 2.24) is 4.90 Å². The van der Waals surface area contributed by atoms with Crippen LogP contribution in [-0.4, -0.2) is 42.3 Å². The molecule has 1 N–H and O–H groups in total. The van der Waals surface area contributed by atoms with Crippen molar-refractivity contribution in [1.29, 1.82) is 0 Å². The summed E-state index contributed by atoms with van der Waals surface area (Å²) in [6.45, 7) is 6.49. The summed E-state index contributed by atoms with van der Waals surface area (Å²) in [6.07, 6.45) is 0. The van der Waals surface area contributed by atoms with Crippen LogP contribution in [0.15, 0.2) is 18.2 Å². The van der Waals surface area contributed by atoms with E-state index >= 15 is 0 Å². The zero-order chi connectivity index (χ0) is 15.3. The van der Waals surface area contributed by atoms with Gasteiger partial charge in [0, 0.05) is 18.2 Å². The fourth-order valence-electron chi connectivity index (χ4n) is 2.03. The Morgan fingerprint density at radius 1 is 1.30 bits per heavy atom. The van der Waals surface area contributed by atoms with Crippen molar-refractivity contribution >= 4 is 5.97 Å². The molecular weight excluding hydrogens is 258 g/mol. The van der Waals surface area contributed by atoms with Crippen molar-refractivity contribution < 1.29 is 19.4 Å². The molecule has 0 fully saturated rings. The molecule has 1 rings (SSSR count). The van der Waals surface area contributed by atoms with Gasteiger partial charge >= 0.3 is 5.97 Å². The van der Waals surface area contributed by atoms with Crippen LogP contribution in [-0.2, 0) is 11.3 Å². The summed E-state index contributed by atoms with van der Waals surface area (Å²) in [7, 11) is 3.19. The summed E-state index contributed by atoms with van der Waals surface area (Å²) in [6, 6.07) is 5.55. The molecule has 0 aliphatic carbocycles. The zero-order valence-corrected chi connectivity index (χ0v) is 12.8. The van der Waals surface area contributed by atoms with Crippen LogP contribution < -0.4 is 9.47 Å². The van der Waals surface area contributed by atoms with Crippen LogP contribution in [0.1, 0.15) is 26.3 Å². The number of methoxy groups -OCH3 is 2. The molecule has 0 radical (unpaired) electrons. The first kappa shape index (κ1) is 16.3. The normalized spacial score (nSPS) is 11.5. The minimum absolute atomic E-state index is 0.503. The molecule has 0 amide bonds. The second kappa shape index (κ2) is 6.61. The Labute approximate surface area is 120 Å². The van der Waals surface area contributed by atoms with Gasteiger partial charge in [0.2, 0.25) is 0 Å². The number of aliphatic carboxylic acids is 1. The van der Waals surface area contributed by atoms with E-state index in [2.05, 4.69) is 0 Å². The minimum Gasteiger partial charge on any atom is -0.497 e. The van der Waals surface area contributed by atoms with Gasteiger partial charge in [0.25, 0.3) is 0 Å². The van der Waals surface area contributed by atoms with E-state index < -0.39 is 11.5 Å². The number of carboxylic acid groups (broad SMARTS) is 1. The van der Waals surface area contributed by atoms with Crippen LogP contribution in [0.2, 0.25) is 0 Å². The number of carboxylic acids is 1. The maximum Gasteiger partial charge on any atom is 0.323 e. The lowest BCUT2D eigenvalue weighted by Crippen LogP contribution is -2.49. The number of nitrogens with zero attached hydrogens (tertiary/aromatic N) is 1. The highest BCUT2D eigenvalue weighted by Gasteiger charge is 2.33. The Bertz CT molecular complexity index is 471. The Morgan fingerprint density at radius 3 is 2.40 bits per heavy atom. The van der Waals surface area contributed by atoms with E-state index in [1.165, 1.54) is 0 Å². The molecule has 0 aliphatic heterocycles. The average Bonchev–Trinajstić information content (AvgIpc) is 2.44. The van der Waals surface area contributed by atoms with Crippen molar-refractivity contribution in [3.05, 3.63) is 23.8 Å². The third-order valence-corrected chi connectivity index (χ3v) is 3.55. The van der Waals surface area contributed by atoms with Gasteiger partial charge in [-0.3, -0.25) is 9.69 Å². The van der Waals surface area contributed by atoms with Crippen LogP contribution in [0.3, 0.4) is 0 Å². The largest absolute Gasteiger partial charge is 0.497 e. The van der Waals surface area contributed by atoms with Crippen LogP contribution in [0.25, 0.3) is 0 Å².